The van der Waals surface area contributed by atoms with Crippen molar-refractivity contribution in [1.82, 2.24) is 0 Å². The van der Waals surface area contributed by atoms with Crippen LogP contribution in [0.1, 0.15) is 11.1 Å². The number of hydrogen-bond acceptors (Lipinski definition) is 0. The zero-order chi connectivity index (χ0) is 15.5. The third kappa shape index (κ3) is 3.35. The van der Waals surface area contributed by atoms with E-state index in [0.29, 0.717) is 10.9 Å². The van der Waals surface area contributed by atoms with Crippen LogP contribution in [0.2, 0.25) is 0 Å². The Bertz CT molecular complexity index is 689. The van der Waals surface area contributed by atoms with Crippen LogP contribution < -0.4 is 0 Å². The van der Waals surface area contributed by atoms with E-state index in [-0.39, 0.29) is 0 Å². The van der Waals surface area contributed by atoms with Crippen molar-refractivity contribution in [2.45, 2.75) is 28.2 Å². The fourth-order valence-electron chi connectivity index (χ4n) is 3.37. The van der Waals surface area contributed by atoms with Crippen molar-refractivity contribution in [3.8, 4) is 0 Å². The monoisotopic (exact) mass is 317 g/mol. The molecule has 0 nitrogen and oxygen atoms in total. The Balaban J connectivity index is 1.55. The lowest BCUT2D eigenvalue weighted by molar-refractivity contribution is 0.856. The van der Waals surface area contributed by atoms with Gasteiger partial charge in [-0.3, -0.25) is 0 Å². The quantitative estimate of drug-likeness (QED) is 0.464. The average Bonchev–Trinajstić information content (AvgIpc) is 3.29. The molecule has 4 rings (SSSR count). The Hall–Kier alpha value is -1.99. The van der Waals surface area contributed by atoms with Gasteiger partial charge in [-0.05, 0) is 23.3 Å². The molecule has 0 spiro atoms. The van der Waals surface area contributed by atoms with Gasteiger partial charge in [0.2, 0.25) is 0 Å². The summed E-state index contributed by atoms with van der Waals surface area (Å²) in [6.45, 7) is 0. The van der Waals surface area contributed by atoms with Crippen LogP contribution >= 0.6 is 0 Å². The highest BCUT2D eigenvalue weighted by atomic mass is 32.2. The van der Waals surface area contributed by atoms with Crippen molar-refractivity contribution in [2.75, 3.05) is 0 Å². The third-order valence-corrected chi connectivity index (χ3v) is 7.36. The highest BCUT2D eigenvalue weighted by Crippen LogP contribution is 2.45. The van der Waals surface area contributed by atoms with Crippen LogP contribution in [0.15, 0.2) is 95.9 Å². The smallest absolute Gasteiger partial charge is 0.0622 e. The fraction of sp³-hybridized carbons (Fsp3) is 0.182. The molecule has 0 aliphatic carbocycles. The lowest BCUT2D eigenvalue weighted by Gasteiger charge is -1.95. The number of hydrogen-bond donors (Lipinski definition) is 0. The summed E-state index contributed by atoms with van der Waals surface area (Å²) in [6.07, 6.45) is 2.41. The summed E-state index contributed by atoms with van der Waals surface area (Å²) in [6, 6.07) is 33.0. The van der Waals surface area contributed by atoms with Gasteiger partial charge in [0.05, 0.1) is 0 Å². The molecule has 1 heterocycles. The summed E-state index contributed by atoms with van der Waals surface area (Å²) in [5.74, 6) is 0. The van der Waals surface area contributed by atoms with Gasteiger partial charge in [0.15, 0.2) is 15.4 Å². The van der Waals surface area contributed by atoms with Gasteiger partial charge in [-0.1, -0.05) is 78.9 Å². The predicted molar refractivity (Wildman–Crippen MR) is 99.9 cm³/mol. The van der Waals surface area contributed by atoms with Gasteiger partial charge >= 0.3 is 0 Å². The molecule has 0 unspecified atom stereocenters. The van der Waals surface area contributed by atoms with Gasteiger partial charge in [-0.25, -0.2) is 0 Å². The van der Waals surface area contributed by atoms with Crippen LogP contribution in [0, 0.1) is 0 Å². The Morgan fingerprint density at radius 3 is 1.35 bits per heavy atom. The molecule has 1 aliphatic heterocycles. The van der Waals surface area contributed by atoms with E-state index in [1.54, 1.807) is 0 Å². The standard InChI is InChI=1S/C22H21S/c1-4-10-18(11-5-1)16-21-22(17-19-12-6-2-7-13-19)23(21)20-14-8-3-9-15-20/h1-15,21-22H,16-17H2/q+1/t21-,22-/m0/s1. The molecule has 1 fully saturated rings. The second-order valence-corrected chi connectivity index (χ2v) is 8.57. The molecule has 114 valence electrons. The molecule has 3 aromatic carbocycles. The molecule has 0 radical (unpaired) electrons. The van der Waals surface area contributed by atoms with E-state index in [1.807, 2.05) is 0 Å². The normalized spacial score (nSPS) is 22.7. The van der Waals surface area contributed by atoms with Gasteiger partial charge < -0.3 is 0 Å². The molecular weight excluding hydrogens is 296 g/mol. The highest BCUT2D eigenvalue weighted by molar-refractivity contribution is 8.05. The first-order chi connectivity index (χ1) is 11.4. The van der Waals surface area contributed by atoms with E-state index in [1.165, 1.54) is 28.9 Å². The maximum Gasteiger partial charge on any atom is 0.175 e. The second kappa shape index (κ2) is 6.64. The Labute approximate surface area is 141 Å². The van der Waals surface area contributed by atoms with E-state index in [2.05, 4.69) is 91.0 Å². The van der Waals surface area contributed by atoms with Crippen LogP contribution in [-0.4, -0.2) is 10.5 Å². The van der Waals surface area contributed by atoms with Crippen molar-refractivity contribution in [3.05, 3.63) is 102 Å². The van der Waals surface area contributed by atoms with Crippen molar-refractivity contribution >= 4 is 10.9 Å². The summed E-state index contributed by atoms with van der Waals surface area (Å²) < 4.78 is 0. The highest BCUT2D eigenvalue weighted by Gasteiger charge is 2.63. The largest absolute Gasteiger partial charge is 0.175 e. The molecule has 23 heavy (non-hydrogen) atoms. The Kier molecular flexibility index (Phi) is 4.21. The van der Waals surface area contributed by atoms with Crippen molar-refractivity contribution in [1.29, 1.82) is 0 Å². The lowest BCUT2D eigenvalue weighted by atomic mass is 10.0. The Morgan fingerprint density at radius 2 is 0.913 bits per heavy atom. The topological polar surface area (TPSA) is 0 Å². The second-order valence-electron chi connectivity index (χ2n) is 6.14. The van der Waals surface area contributed by atoms with Crippen molar-refractivity contribution in [3.63, 3.8) is 0 Å². The first kappa shape index (κ1) is 14.6. The molecule has 1 heteroatoms. The van der Waals surface area contributed by atoms with Gasteiger partial charge in [0, 0.05) is 23.7 Å². The van der Waals surface area contributed by atoms with E-state index in [9.17, 15) is 0 Å². The molecule has 0 bridgehead atoms. The minimum absolute atomic E-state index is 0.394. The summed E-state index contributed by atoms with van der Waals surface area (Å²) >= 11 is 0. The minimum atomic E-state index is 0.394. The molecule has 1 aliphatic rings. The van der Waals surface area contributed by atoms with Gasteiger partial charge in [-0.15, -0.1) is 0 Å². The maximum absolute atomic E-state index is 2.31. The van der Waals surface area contributed by atoms with E-state index >= 15 is 0 Å². The average molecular weight is 317 g/mol. The van der Waals surface area contributed by atoms with Crippen LogP contribution in [0.25, 0.3) is 0 Å². The molecule has 0 N–H and O–H groups in total. The molecule has 1 saturated heterocycles. The number of benzene rings is 3. The zero-order valence-corrected chi connectivity index (χ0v) is 14.0. The molecule has 0 aromatic heterocycles. The Morgan fingerprint density at radius 1 is 0.522 bits per heavy atom. The van der Waals surface area contributed by atoms with Crippen molar-refractivity contribution < 1.29 is 0 Å². The van der Waals surface area contributed by atoms with E-state index in [4.69, 9.17) is 0 Å². The van der Waals surface area contributed by atoms with Crippen LogP contribution in [0.5, 0.6) is 0 Å². The van der Waals surface area contributed by atoms with Crippen LogP contribution in [0.3, 0.4) is 0 Å². The molecule has 3 aromatic rings. The predicted octanol–water partition coefficient (Wildman–Crippen LogP) is 4.90. The van der Waals surface area contributed by atoms with Gasteiger partial charge in [0.1, 0.15) is 0 Å². The summed E-state index contributed by atoms with van der Waals surface area (Å²) in [4.78, 5) is 1.54. The van der Waals surface area contributed by atoms with E-state index < -0.39 is 0 Å². The zero-order valence-electron chi connectivity index (χ0n) is 13.1. The first-order valence-electron chi connectivity index (χ1n) is 8.26. The summed E-state index contributed by atoms with van der Waals surface area (Å²) in [5.41, 5.74) is 2.95. The summed E-state index contributed by atoms with van der Waals surface area (Å²) in [7, 11) is 0.394. The lowest BCUT2D eigenvalue weighted by Crippen LogP contribution is -2.01. The number of rotatable bonds is 5. The third-order valence-electron chi connectivity index (χ3n) is 4.57. The molecular formula is C22H21S+. The fourth-order valence-corrected chi connectivity index (χ4v) is 6.25. The minimum Gasteiger partial charge on any atom is -0.0622 e. The molecule has 0 amide bonds. The van der Waals surface area contributed by atoms with Crippen LogP contribution in [0.4, 0.5) is 0 Å². The molecule has 2 atom stereocenters. The SMILES string of the molecule is c1ccc(C[C@H]2[C@H](Cc3ccccc3)[S+]2c2ccccc2)cc1. The maximum atomic E-state index is 2.31. The van der Waals surface area contributed by atoms with Gasteiger partial charge in [0.25, 0.3) is 0 Å². The van der Waals surface area contributed by atoms with Crippen molar-refractivity contribution in [2.24, 2.45) is 0 Å². The summed E-state index contributed by atoms with van der Waals surface area (Å²) in [5, 5.41) is 1.58. The van der Waals surface area contributed by atoms with E-state index in [0.717, 1.165) is 10.5 Å². The van der Waals surface area contributed by atoms with Gasteiger partial charge in [-0.2, -0.15) is 0 Å². The van der Waals surface area contributed by atoms with Crippen LogP contribution in [-0.2, 0) is 23.7 Å². The molecule has 0 saturated carbocycles. The first-order valence-corrected chi connectivity index (χ1v) is 9.62.